The van der Waals surface area contributed by atoms with E-state index in [9.17, 15) is 9.59 Å². The van der Waals surface area contributed by atoms with Gasteiger partial charge in [-0.2, -0.15) is 8.78 Å². The minimum atomic E-state index is -3.62. The first-order valence-corrected chi connectivity index (χ1v) is 16.2. The highest BCUT2D eigenvalue weighted by Crippen LogP contribution is 2.36. The van der Waals surface area contributed by atoms with Crippen molar-refractivity contribution in [2.75, 3.05) is 39.6 Å². The van der Waals surface area contributed by atoms with Crippen molar-refractivity contribution < 1.29 is 52.3 Å². The summed E-state index contributed by atoms with van der Waals surface area (Å²) in [6, 6.07) is 17.4. The number of esters is 2. The van der Waals surface area contributed by atoms with Gasteiger partial charge in [0.2, 0.25) is 0 Å². The quantitative estimate of drug-likeness (QED) is 0.0660. The molecule has 264 valence electrons. The molecule has 3 aromatic carbocycles. The molecule has 0 atom stereocenters. The molecule has 3 aromatic rings. The molecular formula is C38H44F2O9. The number of halogens is 2. The first-order chi connectivity index (χ1) is 23.6. The third-order valence-corrected chi connectivity index (χ3v) is 7.36. The molecule has 49 heavy (non-hydrogen) atoms. The van der Waals surface area contributed by atoms with Crippen LogP contribution in [0.4, 0.5) is 8.78 Å². The Kier molecular flexibility index (Phi) is 15.7. The van der Waals surface area contributed by atoms with Crippen LogP contribution in [0.2, 0.25) is 0 Å². The highest BCUT2D eigenvalue weighted by atomic mass is 19.3. The van der Waals surface area contributed by atoms with Crippen LogP contribution in [0.1, 0.15) is 50.2 Å². The molecule has 0 aliphatic rings. The number of aryl methyl sites for hydroxylation is 1. The monoisotopic (exact) mass is 682 g/mol. The predicted molar refractivity (Wildman–Crippen MR) is 181 cm³/mol. The maximum Gasteiger partial charge on any atom is 0.426 e. The predicted octanol–water partition coefficient (Wildman–Crippen LogP) is 6.94. The molecule has 0 unspecified atom stereocenters. The van der Waals surface area contributed by atoms with Crippen molar-refractivity contribution in [2.24, 2.45) is 0 Å². The molecule has 0 aliphatic carbocycles. The lowest BCUT2D eigenvalue weighted by molar-refractivity contribution is -0.185. The van der Waals surface area contributed by atoms with E-state index in [0.717, 1.165) is 48.8 Å². The summed E-state index contributed by atoms with van der Waals surface area (Å²) in [5.41, 5.74) is 2.05. The van der Waals surface area contributed by atoms with Crippen molar-refractivity contribution in [1.29, 1.82) is 0 Å². The van der Waals surface area contributed by atoms with Crippen molar-refractivity contribution in [3.63, 3.8) is 0 Å². The van der Waals surface area contributed by atoms with E-state index in [1.54, 1.807) is 18.2 Å². The fourth-order valence-electron chi connectivity index (χ4n) is 4.64. The van der Waals surface area contributed by atoms with Crippen LogP contribution < -0.4 is 14.2 Å². The zero-order valence-corrected chi connectivity index (χ0v) is 27.8. The van der Waals surface area contributed by atoms with E-state index in [1.807, 2.05) is 12.1 Å². The van der Waals surface area contributed by atoms with Gasteiger partial charge in [-0.05, 0) is 78.1 Å². The van der Waals surface area contributed by atoms with Crippen molar-refractivity contribution in [3.8, 4) is 28.4 Å². The van der Waals surface area contributed by atoms with Gasteiger partial charge < -0.3 is 33.9 Å². The molecule has 0 heterocycles. The number of carbonyl (C=O) groups excluding carboxylic acids is 2. The third kappa shape index (κ3) is 12.7. The maximum atomic E-state index is 15.5. The number of hydrogen-bond acceptors (Lipinski definition) is 9. The SMILES string of the molecule is C=C(CO)C(=O)OCCOc1ccc(OC(F)(F)c2ccc(-c3ccc(OCCOC(=O)C(=C)CO)cc3)c(CCCCCCC)c2)cc1. The molecule has 11 heteroatoms. The highest BCUT2D eigenvalue weighted by Gasteiger charge is 2.35. The lowest BCUT2D eigenvalue weighted by atomic mass is 9.93. The van der Waals surface area contributed by atoms with Gasteiger partial charge in [-0.25, -0.2) is 9.59 Å². The molecule has 0 fully saturated rings. The number of unbranched alkanes of at least 4 members (excludes halogenated alkanes) is 4. The fourth-order valence-corrected chi connectivity index (χ4v) is 4.64. The largest absolute Gasteiger partial charge is 0.490 e. The van der Waals surface area contributed by atoms with Crippen molar-refractivity contribution >= 4 is 11.9 Å². The number of benzene rings is 3. The van der Waals surface area contributed by atoms with Gasteiger partial charge in [0, 0.05) is 0 Å². The Labute approximate surface area is 285 Å². The van der Waals surface area contributed by atoms with Crippen LogP contribution >= 0.6 is 0 Å². The molecule has 0 amide bonds. The molecule has 3 rings (SSSR count). The summed E-state index contributed by atoms with van der Waals surface area (Å²) in [5, 5.41) is 17.8. The minimum absolute atomic E-state index is 0.0140. The van der Waals surface area contributed by atoms with Crippen LogP contribution in [0, 0.1) is 0 Å². The molecule has 0 spiro atoms. The van der Waals surface area contributed by atoms with E-state index in [0.29, 0.717) is 17.9 Å². The molecule has 0 aliphatic heterocycles. The summed E-state index contributed by atoms with van der Waals surface area (Å²) < 4.78 is 57.1. The smallest absolute Gasteiger partial charge is 0.426 e. The van der Waals surface area contributed by atoms with Crippen LogP contribution in [0.25, 0.3) is 11.1 Å². The lowest BCUT2D eigenvalue weighted by Crippen LogP contribution is -2.22. The average Bonchev–Trinajstić information content (AvgIpc) is 3.11. The van der Waals surface area contributed by atoms with Gasteiger partial charge in [-0.3, -0.25) is 0 Å². The summed E-state index contributed by atoms with van der Waals surface area (Å²) >= 11 is 0. The summed E-state index contributed by atoms with van der Waals surface area (Å²) in [6.45, 7) is 7.97. The van der Waals surface area contributed by atoms with Gasteiger partial charge >= 0.3 is 18.0 Å². The number of hydrogen-bond donors (Lipinski definition) is 2. The van der Waals surface area contributed by atoms with Crippen molar-refractivity contribution in [1.82, 2.24) is 0 Å². The number of alkyl halides is 2. The van der Waals surface area contributed by atoms with Crippen molar-refractivity contribution in [3.05, 3.63) is 102 Å². The van der Waals surface area contributed by atoms with E-state index >= 15 is 8.78 Å². The normalized spacial score (nSPS) is 11.0. The first-order valence-electron chi connectivity index (χ1n) is 16.2. The molecule has 0 radical (unpaired) electrons. The molecule has 0 bridgehead atoms. The number of ether oxygens (including phenoxy) is 5. The first kappa shape index (κ1) is 38.7. The van der Waals surface area contributed by atoms with Crippen LogP contribution in [0.3, 0.4) is 0 Å². The lowest BCUT2D eigenvalue weighted by Gasteiger charge is -2.21. The standard InChI is InChI=1S/C38H44F2O9/c1-4-5-6-7-8-9-30-24-31(12-19-35(30)29-10-13-32(14-11-29)45-20-22-47-36(43)27(2)25-41)38(39,40)49-34-17-15-33(16-18-34)46-21-23-48-37(44)28(3)26-42/h10-19,24,41-42H,2-9,20-23,25-26H2,1H3. The third-order valence-electron chi connectivity index (χ3n) is 7.36. The Balaban J connectivity index is 1.66. The molecule has 0 saturated carbocycles. The fraction of sp³-hybridized carbons (Fsp3) is 0.368. The second-order valence-corrected chi connectivity index (χ2v) is 11.1. The second-order valence-electron chi connectivity index (χ2n) is 11.1. The zero-order chi connectivity index (χ0) is 35.6. The number of aliphatic hydroxyl groups is 2. The molecule has 0 aromatic heterocycles. The van der Waals surface area contributed by atoms with E-state index in [1.165, 1.54) is 36.4 Å². The van der Waals surface area contributed by atoms with Gasteiger partial charge in [0.05, 0.1) is 29.9 Å². The van der Waals surface area contributed by atoms with Crippen molar-refractivity contribution in [2.45, 2.75) is 51.6 Å². The summed E-state index contributed by atoms with van der Waals surface area (Å²) in [7, 11) is 0. The Morgan fingerprint density at radius 1 is 0.694 bits per heavy atom. The van der Waals surface area contributed by atoms with E-state index in [2.05, 4.69) is 20.1 Å². The van der Waals surface area contributed by atoms with E-state index in [4.69, 9.17) is 33.9 Å². The van der Waals surface area contributed by atoms with Crippen LogP contribution in [0.5, 0.6) is 17.2 Å². The van der Waals surface area contributed by atoms with Crippen LogP contribution in [-0.2, 0) is 31.6 Å². The molecular weight excluding hydrogens is 638 g/mol. The highest BCUT2D eigenvalue weighted by molar-refractivity contribution is 5.88. The Morgan fingerprint density at radius 2 is 1.20 bits per heavy atom. The Hall–Kier alpha value is -4.74. The molecule has 2 N–H and O–H groups in total. The van der Waals surface area contributed by atoms with Gasteiger partial charge in [0.1, 0.15) is 43.7 Å². The van der Waals surface area contributed by atoms with Gasteiger partial charge in [0.15, 0.2) is 0 Å². The summed E-state index contributed by atoms with van der Waals surface area (Å²) in [5.74, 6) is -0.562. The number of rotatable bonds is 22. The van der Waals surface area contributed by atoms with Gasteiger partial charge in [-0.1, -0.05) is 64.0 Å². The molecule has 9 nitrogen and oxygen atoms in total. The Bertz CT molecular complexity index is 1520. The topological polar surface area (TPSA) is 121 Å². The number of aliphatic hydroxyl groups excluding tert-OH is 2. The Morgan fingerprint density at radius 3 is 1.73 bits per heavy atom. The second kappa shape index (κ2) is 19.9. The van der Waals surface area contributed by atoms with E-state index in [-0.39, 0.29) is 48.9 Å². The molecule has 0 saturated heterocycles. The summed E-state index contributed by atoms with van der Waals surface area (Å²) in [6.07, 6.45) is 2.12. The summed E-state index contributed by atoms with van der Waals surface area (Å²) in [4.78, 5) is 23.1. The average molecular weight is 683 g/mol. The zero-order valence-electron chi connectivity index (χ0n) is 27.8. The number of carbonyl (C=O) groups is 2. The van der Waals surface area contributed by atoms with Crippen LogP contribution in [-0.4, -0.2) is 61.8 Å². The van der Waals surface area contributed by atoms with Gasteiger partial charge in [0.25, 0.3) is 0 Å². The van der Waals surface area contributed by atoms with Gasteiger partial charge in [-0.15, -0.1) is 0 Å². The van der Waals surface area contributed by atoms with Crippen LogP contribution in [0.15, 0.2) is 91.0 Å². The minimum Gasteiger partial charge on any atom is -0.490 e. The van der Waals surface area contributed by atoms with E-state index < -0.39 is 31.3 Å². The maximum absolute atomic E-state index is 15.5.